The average molecular weight is 507 g/mol. The molecule has 3 aromatic rings. The van der Waals surface area contributed by atoms with E-state index >= 15 is 0 Å². The number of phenols is 3. The Balaban J connectivity index is 2.14. The van der Waals surface area contributed by atoms with Gasteiger partial charge in [-0.3, -0.25) is 4.79 Å². The largest absolute Gasteiger partial charge is 0.508 e. The van der Waals surface area contributed by atoms with E-state index in [-0.39, 0.29) is 63.7 Å². The fourth-order valence-electron chi connectivity index (χ4n) is 4.52. The number of rotatable bonds is 5. The van der Waals surface area contributed by atoms with Gasteiger partial charge in [-0.1, -0.05) is 23.3 Å². The quantitative estimate of drug-likeness (QED) is 0.329. The van der Waals surface area contributed by atoms with Gasteiger partial charge in [0, 0.05) is 29.2 Å². The number of hydrogen-bond donors (Lipinski definition) is 4. The van der Waals surface area contributed by atoms with Crippen molar-refractivity contribution in [2.75, 3.05) is 0 Å². The minimum atomic E-state index is -1.33. The topological polar surface area (TPSA) is 120 Å². The van der Waals surface area contributed by atoms with Crippen molar-refractivity contribution < 1.29 is 29.6 Å². The van der Waals surface area contributed by atoms with Crippen LogP contribution in [-0.2, 0) is 19.3 Å². The van der Waals surface area contributed by atoms with Crippen LogP contribution in [0.2, 0.25) is 0 Å². The highest BCUT2D eigenvalue weighted by atomic mass is 16.5. The summed E-state index contributed by atoms with van der Waals surface area (Å²) in [4.78, 5) is 14.1. The van der Waals surface area contributed by atoms with Gasteiger partial charge in [0.2, 0.25) is 0 Å². The first kappa shape index (κ1) is 26.4. The maximum Gasteiger partial charge on any atom is 0.200 e. The van der Waals surface area contributed by atoms with E-state index < -0.39 is 17.1 Å². The van der Waals surface area contributed by atoms with Crippen molar-refractivity contribution in [1.82, 2.24) is 0 Å². The Morgan fingerprint density at radius 3 is 2.22 bits per heavy atom. The Bertz CT molecular complexity index is 1490. The third kappa shape index (κ3) is 4.96. The molecule has 4 N–H and O–H groups in total. The van der Waals surface area contributed by atoms with Crippen LogP contribution in [-0.4, -0.2) is 32.1 Å². The van der Waals surface area contributed by atoms with Gasteiger partial charge in [0.1, 0.15) is 45.8 Å². The molecular formula is C30H34O7. The molecule has 0 saturated carbocycles. The highest BCUT2D eigenvalue weighted by Gasteiger charge is 2.37. The molecule has 0 fully saturated rings. The van der Waals surface area contributed by atoms with Crippen molar-refractivity contribution in [3.05, 3.63) is 68.4 Å². The van der Waals surface area contributed by atoms with E-state index in [9.17, 15) is 25.2 Å². The molecule has 1 aliphatic rings. The Labute approximate surface area is 216 Å². The molecule has 7 heteroatoms. The van der Waals surface area contributed by atoms with Gasteiger partial charge in [-0.15, -0.1) is 0 Å². The molecule has 37 heavy (non-hydrogen) atoms. The Hall–Kier alpha value is -3.71. The molecule has 2 heterocycles. The first-order valence-electron chi connectivity index (χ1n) is 12.3. The maximum atomic E-state index is 14.1. The summed E-state index contributed by atoms with van der Waals surface area (Å²) in [6, 6.07) is 4.46. The summed E-state index contributed by atoms with van der Waals surface area (Å²) in [7, 11) is 0. The van der Waals surface area contributed by atoms with Crippen molar-refractivity contribution in [3.8, 4) is 34.3 Å². The first-order valence-corrected chi connectivity index (χ1v) is 12.3. The summed E-state index contributed by atoms with van der Waals surface area (Å²) < 4.78 is 12.5. The standard InChI is InChI=1S/C30H34O7/c1-15(2)7-10-19-25(32)20(11-8-16(3)4)29-24(26(19)33)27(34)21-14-23(30(5,6)35)36-22-13-17(31)9-12-18(22)28(21)37-29/h7-9,12-13,23,31-33,35H,10-11,14H2,1-6H3/t23-/m1/s1. The van der Waals surface area contributed by atoms with E-state index in [0.717, 1.165) is 11.1 Å². The van der Waals surface area contributed by atoms with Gasteiger partial charge < -0.3 is 29.6 Å². The van der Waals surface area contributed by atoms with Gasteiger partial charge in [0.15, 0.2) is 5.43 Å². The second-order valence-electron chi connectivity index (χ2n) is 10.7. The molecule has 4 rings (SSSR count). The molecule has 0 saturated heterocycles. The predicted octanol–water partition coefficient (Wildman–Crippen LogP) is 5.67. The minimum Gasteiger partial charge on any atom is -0.508 e. The van der Waals surface area contributed by atoms with E-state index in [1.165, 1.54) is 12.1 Å². The van der Waals surface area contributed by atoms with Crippen LogP contribution >= 0.6 is 0 Å². The lowest BCUT2D eigenvalue weighted by Crippen LogP contribution is -2.42. The Morgan fingerprint density at radius 2 is 1.62 bits per heavy atom. The zero-order valence-electron chi connectivity index (χ0n) is 22.1. The SMILES string of the molecule is CC(C)=CCc1c(O)c(CC=C(C)C)c2oc3c(c(=O)c2c1O)C[C@H](C(C)(C)O)Oc1cc(O)ccc1-3. The lowest BCUT2D eigenvalue weighted by atomic mass is 9.91. The number of fused-ring (bicyclic) bond motifs is 4. The van der Waals surface area contributed by atoms with Crippen LogP contribution in [0.25, 0.3) is 22.3 Å². The van der Waals surface area contributed by atoms with Crippen molar-refractivity contribution in [3.63, 3.8) is 0 Å². The van der Waals surface area contributed by atoms with Gasteiger partial charge in [-0.25, -0.2) is 0 Å². The summed E-state index contributed by atoms with van der Waals surface area (Å²) >= 11 is 0. The second-order valence-corrected chi connectivity index (χ2v) is 10.7. The van der Waals surface area contributed by atoms with E-state index in [1.807, 2.05) is 39.8 Å². The summed E-state index contributed by atoms with van der Waals surface area (Å²) in [6.07, 6.45) is 3.51. The smallest absolute Gasteiger partial charge is 0.200 e. The zero-order valence-corrected chi connectivity index (χ0v) is 22.1. The Morgan fingerprint density at radius 1 is 1.00 bits per heavy atom. The van der Waals surface area contributed by atoms with Gasteiger partial charge in [0.05, 0.1) is 11.2 Å². The van der Waals surface area contributed by atoms with Crippen LogP contribution in [0.4, 0.5) is 0 Å². The number of ether oxygens (including phenoxy) is 1. The molecule has 1 aromatic heterocycles. The lowest BCUT2D eigenvalue weighted by Gasteiger charge is -2.28. The molecule has 0 bridgehead atoms. The summed E-state index contributed by atoms with van der Waals surface area (Å²) in [6.45, 7) is 10.9. The van der Waals surface area contributed by atoms with Crippen molar-refractivity contribution in [2.24, 2.45) is 0 Å². The minimum absolute atomic E-state index is 0.0115. The summed E-state index contributed by atoms with van der Waals surface area (Å²) in [5.74, 6) is -0.00338. The molecular weight excluding hydrogens is 472 g/mol. The molecule has 7 nitrogen and oxygen atoms in total. The molecule has 196 valence electrons. The molecule has 0 radical (unpaired) electrons. The second kappa shape index (κ2) is 9.63. The summed E-state index contributed by atoms with van der Waals surface area (Å²) in [5.41, 5.74) is 1.66. The van der Waals surface area contributed by atoms with Crippen LogP contribution in [0.15, 0.2) is 50.7 Å². The van der Waals surface area contributed by atoms with E-state index in [2.05, 4.69) is 0 Å². The zero-order chi connectivity index (χ0) is 27.2. The molecule has 0 spiro atoms. The molecule has 0 amide bonds. The molecule has 1 atom stereocenters. The van der Waals surface area contributed by atoms with Gasteiger partial charge in [0.25, 0.3) is 0 Å². The van der Waals surface area contributed by atoms with Crippen molar-refractivity contribution in [2.45, 2.75) is 72.5 Å². The van der Waals surface area contributed by atoms with E-state index in [0.29, 0.717) is 17.5 Å². The fourth-order valence-corrected chi connectivity index (χ4v) is 4.52. The van der Waals surface area contributed by atoms with Crippen LogP contribution < -0.4 is 10.2 Å². The van der Waals surface area contributed by atoms with Gasteiger partial charge >= 0.3 is 0 Å². The van der Waals surface area contributed by atoms with Gasteiger partial charge in [-0.2, -0.15) is 0 Å². The van der Waals surface area contributed by atoms with Gasteiger partial charge in [-0.05, 0) is 66.5 Å². The van der Waals surface area contributed by atoms with Crippen molar-refractivity contribution >= 4 is 11.0 Å². The predicted molar refractivity (Wildman–Crippen MR) is 144 cm³/mol. The van der Waals surface area contributed by atoms with Crippen LogP contribution in [0, 0.1) is 0 Å². The molecule has 0 unspecified atom stereocenters. The van der Waals surface area contributed by atoms with Crippen LogP contribution in [0.5, 0.6) is 23.0 Å². The third-order valence-electron chi connectivity index (χ3n) is 6.66. The maximum absolute atomic E-state index is 14.1. The molecule has 1 aliphatic heterocycles. The highest BCUT2D eigenvalue weighted by Crippen LogP contribution is 2.45. The summed E-state index contributed by atoms with van der Waals surface area (Å²) in [5, 5.41) is 43.4. The highest BCUT2D eigenvalue weighted by molar-refractivity contribution is 5.92. The number of phenolic OH excluding ortho intramolecular Hbond substituents is 3. The number of benzene rings is 2. The van der Waals surface area contributed by atoms with Crippen LogP contribution in [0.3, 0.4) is 0 Å². The average Bonchev–Trinajstić information content (AvgIpc) is 2.95. The number of aromatic hydroxyl groups is 3. The number of aliphatic hydroxyl groups is 1. The monoisotopic (exact) mass is 506 g/mol. The lowest BCUT2D eigenvalue weighted by molar-refractivity contribution is -0.0322. The third-order valence-corrected chi connectivity index (χ3v) is 6.66. The van der Waals surface area contributed by atoms with Crippen LogP contribution in [0.1, 0.15) is 58.2 Å². The fraction of sp³-hybridized carbons (Fsp3) is 0.367. The van der Waals surface area contributed by atoms with E-state index in [4.69, 9.17) is 9.15 Å². The van der Waals surface area contributed by atoms with E-state index in [1.54, 1.807) is 19.9 Å². The normalized spacial score (nSPS) is 14.8. The molecule has 2 aromatic carbocycles. The molecule has 0 aliphatic carbocycles. The number of hydrogen-bond acceptors (Lipinski definition) is 7. The first-order chi connectivity index (χ1) is 17.3. The van der Waals surface area contributed by atoms with Crippen molar-refractivity contribution in [1.29, 1.82) is 0 Å². The number of allylic oxidation sites excluding steroid dienone is 4. The Kier molecular flexibility index (Phi) is 6.86.